The van der Waals surface area contributed by atoms with Gasteiger partial charge in [0.1, 0.15) is 6.42 Å². The molecule has 1 spiro atoms. The number of nitrogens with one attached hydrogen (secondary N) is 1. The number of nitrogens with zero attached hydrogens (tertiary/aromatic N) is 5. The Hall–Kier alpha value is -2.33. The van der Waals surface area contributed by atoms with Gasteiger partial charge in [-0.2, -0.15) is 10.4 Å². The third-order valence-corrected chi connectivity index (χ3v) is 5.76. The summed E-state index contributed by atoms with van der Waals surface area (Å²) in [4.78, 5) is 21.0. The molecule has 3 heterocycles. The molecule has 2 aliphatic heterocycles. The molecule has 1 aromatic heterocycles. The van der Waals surface area contributed by atoms with Crippen LogP contribution >= 0.6 is 11.6 Å². The van der Waals surface area contributed by atoms with Crippen molar-refractivity contribution in [3.05, 3.63) is 23.0 Å². The molecule has 144 valence electrons. The van der Waals surface area contributed by atoms with Gasteiger partial charge in [0.25, 0.3) is 0 Å². The van der Waals surface area contributed by atoms with Gasteiger partial charge in [0.2, 0.25) is 5.91 Å². The van der Waals surface area contributed by atoms with Crippen LogP contribution in [0.4, 0.5) is 5.69 Å². The van der Waals surface area contributed by atoms with E-state index in [9.17, 15) is 4.79 Å². The second kappa shape index (κ2) is 8.57. The molecule has 0 aliphatic carbocycles. The number of carbonyl (C=O) groups is 1. The van der Waals surface area contributed by atoms with E-state index < -0.39 is 0 Å². The first-order valence-corrected chi connectivity index (χ1v) is 9.75. The fourth-order valence-electron chi connectivity index (χ4n) is 4.38. The smallest absolute Gasteiger partial charge is 0.237 e. The van der Waals surface area contributed by atoms with E-state index in [1.165, 1.54) is 0 Å². The van der Waals surface area contributed by atoms with E-state index in [-0.39, 0.29) is 17.9 Å². The molecule has 1 amide bonds. The predicted molar refractivity (Wildman–Crippen MR) is 106 cm³/mol. The molecule has 0 aromatic carbocycles. The Kier molecular flexibility index (Phi) is 6.17. The summed E-state index contributed by atoms with van der Waals surface area (Å²) in [5.41, 5.74) is 4.28. The molecule has 1 N–H and O–H groups in total. The number of aromatic nitrogens is 1. The zero-order valence-corrected chi connectivity index (χ0v) is 16.4. The SMILES string of the molecule is CN/N=C\c1cncc(Cl)c1N1CCCC2(CCCCN2C(=O)CC#N)C1. The molecule has 27 heavy (non-hydrogen) atoms. The summed E-state index contributed by atoms with van der Waals surface area (Å²) in [7, 11) is 1.74. The van der Waals surface area contributed by atoms with Crippen molar-refractivity contribution in [1.82, 2.24) is 15.3 Å². The number of halogens is 1. The summed E-state index contributed by atoms with van der Waals surface area (Å²) in [5.74, 6) is -0.0585. The van der Waals surface area contributed by atoms with Gasteiger partial charge in [0.05, 0.1) is 28.5 Å². The predicted octanol–water partition coefficient (Wildman–Crippen LogP) is 2.55. The van der Waals surface area contributed by atoms with E-state index in [0.717, 1.165) is 56.4 Å². The molecule has 0 saturated carbocycles. The first-order chi connectivity index (χ1) is 13.1. The van der Waals surface area contributed by atoms with Gasteiger partial charge < -0.3 is 15.2 Å². The van der Waals surface area contributed by atoms with Gasteiger partial charge in [-0.15, -0.1) is 0 Å². The number of anilines is 1. The molecule has 3 rings (SSSR count). The normalized spacial score (nSPS) is 22.9. The van der Waals surface area contributed by atoms with E-state index in [1.807, 2.05) is 11.0 Å². The molecule has 1 atom stereocenters. The van der Waals surface area contributed by atoms with Crippen molar-refractivity contribution < 1.29 is 4.79 Å². The maximum atomic E-state index is 12.6. The lowest BCUT2D eigenvalue weighted by molar-refractivity contribution is -0.139. The number of amides is 1. The molecule has 1 unspecified atom stereocenters. The minimum Gasteiger partial charge on any atom is -0.367 e. The monoisotopic (exact) mass is 388 g/mol. The Bertz CT molecular complexity index is 757. The van der Waals surface area contributed by atoms with Gasteiger partial charge in [-0.1, -0.05) is 11.6 Å². The second-order valence-electron chi connectivity index (χ2n) is 7.13. The Morgan fingerprint density at radius 2 is 2.22 bits per heavy atom. The Balaban J connectivity index is 1.93. The molecule has 2 aliphatic rings. The molecule has 1 aromatic rings. The summed E-state index contributed by atoms with van der Waals surface area (Å²) < 4.78 is 0. The number of carbonyl (C=O) groups excluding carboxylic acids is 1. The first kappa shape index (κ1) is 19.4. The molecule has 2 fully saturated rings. The molecule has 0 bridgehead atoms. The van der Waals surface area contributed by atoms with Gasteiger partial charge >= 0.3 is 0 Å². The van der Waals surface area contributed by atoms with Crippen LogP contribution < -0.4 is 10.3 Å². The topological polar surface area (TPSA) is 84.6 Å². The average molecular weight is 389 g/mol. The third kappa shape index (κ3) is 4.01. The van der Waals surface area contributed by atoms with Gasteiger partial charge in [0.15, 0.2) is 0 Å². The highest BCUT2D eigenvalue weighted by Crippen LogP contribution is 2.40. The van der Waals surface area contributed by atoms with Crippen LogP contribution in [-0.4, -0.2) is 54.2 Å². The van der Waals surface area contributed by atoms with Crippen LogP contribution in [-0.2, 0) is 4.79 Å². The number of likely N-dealkylation sites (tertiary alicyclic amines) is 1. The highest BCUT2D eigenvalue weighted by Gasteiger charge is 2.44. The number of pyridine rings is 1. The van der Waals surface area contributed by atoms with E-state index in [0.29, 0.717) is 11.6 Å². The van der Waals surface area contributed by atoms with E-state index >= 15 is 0 Å². The average Bonchev–Trinajstić information content (AvgIpc) is 2.67. The zero-order chi connectivity index (χ0) is 19.3. The number of piperidine rings is 2. The molecule has 7 nitrogen and oxygen atoms in total. The lowest BCUT2D eigenvalue weighted by Crippen LogP contribution is -2.62. The van der Waals surface area contributed by atoms with Crippen LogP contribution in [0.2, 0.25) is 5.02 Å². The molecule has 0 radical (unpaired) electrons. The Morgan fingerprint density at radius 1 is 1.41 bits per heavy atom. The van der Waals surface area contributed by atoms with Crippen LogP contribution in [0.5, 0.6) is 0 Å². The number of hydrogen-bond donors (Lipinski definition) is 1. The van der Waals surface area contributed by atoms with E-state index in [1.54, 1.807) is 25.7 Å². The molecule has 8 heteroatoms. The minimum atomic E-state index is -0.228. The van der Waals surface area contributed by atoms with Crippen molar-refractivity contribution in [1.29, 1.82) is 5.26 Å². The number of nitriles is 1. The maximum absolute atomic E-state index is 12.6. The minimum absolute atomic E-state index is 0.0577. The van der Waals surface area contributed by atoms with Crippen LogP contribution in [0.1, 0.15) is 44.1 Å². The highest BCUT2D eigenvalue weighted by atomic mass is 35.5. The largest absolute Gasteiger partial charge is 0.367 e. The summed E-state index contributed by atoms with van der Waals surface area (Å²) in [5, 5.41) is 13.7. The van der Waals surface area contributed by atoms with Gasteiger partial charge in [-0.25, -0.2) is 0 Å². The molecular formula is C19H25ClN6O. The quantitative estimate of drug-likeness (QED) is 0.633. The van der Waals surface area contributed by atoms with Crippen molar-refractivity contribution in [2.24, 2.45) is 5.10 Å². The second-order valence-corrected chi connectivity index (χ2v) is 7.53. The van der Waals surface area contributed by atoms with Crippen molar-refractivity contribution in [3.8, 4) is 6.07 Å². The van der Waals surface area contributed by atoms with Crippen LogP contribution in [0.25, 0.3) is 0 Å². The summed E-state index contributed by atoms with van der Waals surface area (Å²) >= 11 is 6.51. The third-order valence-electron chi connectivity index (χ3n) is 5.48. The highest BCUT2D eigenvalue weighted by molar-refractivity contribution is 6.33. The number of hydrogen-bond acceptors (Lipinski definition) is 6. The Morgan fingerprint density at radius 3 is 3.00 bits per heavy atom. The Labute approximate surface area is 165 Å². The van der Waals surface area contributed by atoms with E-state index in [2.05, 4.69) is 20.4 Å². The summed E-state index contributed by atoms with van der Waals surface area (Å²) in [6.45, 7) is 2.31. The van der Waals surface area contributed by atoms with Gasteiger partial charge in [0, 0.05) is 44.6 Å². The van der Waals surface area contributed by atoms with Crippen molar-refractivity contribution in [3.63, 3.8) is 0 Å². The van der Waals surface area contributed by atoms with Crippen LogP contribution in [0, 0.1) is 11.3 Å². The zero-order valence-electron chi connectivity index (χ0n) is 15.6. The lowest BCUT2D eigenvalue weighted by Gasteiger charge is -2.52. The number of rotatable bonds is 4. The maximum Gasteiger partial charge on any atom is 0.237 e. The van der Waals surface area contributed by atoms with Crippen LogP contribution in [0.15, 0.2) is 17.5 Å². The van der Waals surface area contributed by atoms with Crippen LogP contribution in [0.3, 0.4) is 0 Å². The molecule has 2 saturated heterocycles. The van der Waals surface area contributed by atoms with E-state index in [4.69, 9.17) is 16.9 Å². The van der Waals surface area contributed by atoms with Gasteiger partial charge in [-0.3, -0.25) is 9.78 Å². The van der Waals surface area contributed by atoms with Crippen molar-refractivity contribution in [2.45, 2.75) is 44.1 Å². The first-order valence-electron chi connectivity index (χ1n) is 9.37. The fourth-order valence-corrected chi connectivity index (χ4v) is 4.67. The summed E-state index contributed by atoms with van der Waals surface area (Å²) in [6.07, 6.45) is 10.0. The fraction of sp³-hybridized carbons (Fsp3) is 0.579. The van der Waals surface area contributed by atoms with Crippen molar-refractivity contribution >= 4 is 29.4 Å². The number of hydrazone groups is 1. The summed E-state index contributed by atoms with van der Waals surface area (Å²) in [6, 6.07) is 2.01. The standard InChI is InChI=1S/C19H25ClN6O/c1-22-24-12-15-11-23-13-16(20)18(15)25-9-4-7-19(14-25)6-2-3-10-26(19)17(27)5-8-21/h11-13,22H,2-7,9-10,14H2,1H3/b24-12-. The molecular weight excluding hydrogens is 364 g/mol. The van der Waals surface area contributed by atoms with Crippen molar-refractivity contribution in [2.75, 3.05) is 31.6 Å². The lowest BCUT2D eigenvalue weighted by atomic mass is 9.79. The van der Waals surface area contributed by atoms with Gasteiger partial charge in [-0.05, 0) is 32.1 Å².